The zero-order valence-corrected chi connectivity index (χ0v) is 14.4. The second-order valence-electron chi connectivity index (χ2n) is 5.72. The van der Waals surface area contributed by atoms with Crippen LogP contribution in [0.2, 0.25) is 0 Å². The Morgan fingerprint density at radius 1 is 1.38 bits per heavy atom. The van der Waals surface area contributed by atoms with Gasteiger partial charge in [0, 0.05) is 36.7 Å². The third-order valence-electron chi connectivity index (χ3n) is 3.48. The first kappa shape index (κ1) is 16.9. The molecule has 1 aromatic heterocycles. The highest BCUT2D eigenvalue weighted by atomic mass is 32.2. The Balaban J connectivity index is 2.07. The summed E-state index contributed by atoms with van der Waals surface area (Å²) in [5.74, 6) is 0. The summed E-state index contributed by atoms with van der Waals surface area (Å²) in [6, 6.07) is 2.14. The van der Waals surface area contributed by atoms with Crippen LogP contribution >= 0.6 is 11.3 Å². The molecule has 1 aromatic rings. The SMILES string of the molecule is Cc1cc(S(=O)(=O)NC2CCOCC2)sc1CNC(C)C. The van der Waals surface area contributed by atoms with E-state index in [-0.39, 0.29) is 6.04 Å². The minimum absolute atomic E-state index is 0.0107. The van der Waals surface area contributed by atoms with Gasteiger partial charge in [0.2, 0.25) is 10.0 Å². The number of hydrogen-bond acceptors (Lipinski definition) is 5. The van der Waals surface area contributed by atoms with E-state index in [9.17, 15) is 8.42 Å². The van der Waals surface area contributed by atoms with Crippen molar-refractivity contribution in [2.45, 2.75) is 56.5 Å². The zero-order valence-electron chi connectivity index (χ0n) is 12.8. The van der Waals surface area contributed by atoms with Crippen LogP contribution in [0.4, 0.5) is 0 Å². The van der Waals surface area contributed by atoms with Crippen LogP contribution < -0.4 is 10.0 Å². The standard InChI is InChI=1S/C14H24N2O3S2/c1-10(2)15-9-13-11(3)8-14(20-13)21(17,18)16-12-4-6-19-7-5-12/h8,10,12,15-16H,4-7,9H2,1-3H3. The highest BCUT2D eigenvalue weighted by Gasteiger charge is 2.24. The minimum atomic E-state index is -3.41. The van der Waals surface area contributed by atoms with Crippen molar-refractivity contribution in [3.63, 3.8) is 0 Å². The van der Waals surface area contributed by atoms with Gasteiger partial charge in [-0.05, 0) is 31.4 Å². The summed E-state index contributed by atoms with van der Waals surface area (Å²) in [6.45, 7) is 8.07. The molecule has 1 aliphatic rings. The summed E-state index contributed by atoms with van der Waals surface area (Å²) in [5.41, 5.74) is 1.03. The Hall–Kier alpha value is -0.470. The first-order valence-corrected chi connectivity index (χ1v) is 9.61. The fourth-order valence-electron chi connectivity index (χ4n) is 2.19. The van der Waals surface area contributed by atoms with E-state index in [1.54, 1.807) is 6.07 Å². The predicted molar refractivity (Wildman–Crippen MR) is 85.2 cm³/mol. The van der Waals surface area contributed by atoms with Crippen molar-refractivity contribution in [3.05, 3.63) is 16.5 Å². The van der Waals surface area contributed by atoms with Crippen molar-refractivity contribution >= 4 is 21.4 Å². The van der Waals surface area contributed by atoms with Gasteiger partial charge in [-0.1, -0.05) is 13.8 Å². The number of thiophene rings is 1. The van der Waals surface area contributed by atoms with Crippen LogP contribution in [0.5, 0.6) is 0 Å². The summed E-state index contributed by atoms with van der Waals surface area (Å²) < 4.78 is 33.3. The monoisotopic (exact) mass is 332 g/mol. The van der Waals surface area contributed by atoms with Gasteiger partial charge >= 0.3 is 0 Å². The van der Waals surface area contributed by atoms with Gasteiger partial charge in [-0.25, -0.2) is 13.1 Å². The smallest absolute Gasteiger partial charge is 0.250 e. The maximum Gasteiger partial charge on any atom is 0.250 e. The Labute approximate surface area is 131 Å². The molecule has 120 valence electrons. The molecule has 1 fully saturated rings. The summed E-state index contributed by atoms with van der Waals surface area (Å²) in [4.78, 5) is 1.08. The Morgan fingerprint density at radius 2 is 2.05 bits per heavy atom. The molecule has 0 spiro atoms. The average molecular weight is 332 g/mol. The van der Waals surface area contributed by atoms with E-state index in [0.717, 1.165) is 23.3 Å². The van der Waals surface area contributed by atoms with Gasteiger partial charge < -0.3 is 10.1 Å². The van der Waals surface area contributed by atoms with Gasteiger partial charge in [0.25, 0.3) is 0 Å². The Morgan fingerprint density at radius 3 is 2.67 bits per heavy atom. The fourth-order valence-corrected chi connectivity index (χ4v) is 5.05. The van der Waals surface area contributed by atoms with Crippen LogP contribution in [0.3, 0.4) is 0 Å². The van der Waals surface area contributed by atoms with E-state index >= 15 is 0 Å². The van der Waals surface area contributed by atoms with Gasteiger partial charge in [-0.3, -0.25) is 0 Å². The molecular weight excluding hydrogens is 308 g/mol. The van der Waals surface area contributed by atoms with Crippen LogP contribution in [0.15, 0.2) is 10.3 Å². The Bertz CT molecular complexity index is 561. The van der Waals surface area contributed by atoms with Crippen molar-refractivity contribution in [1.29, 1.82) is 0 Å². The lowest BCUT2D eigenvalue weighted by atomic mass is 10.1. The summed E-state index contributed by atoms with van der Waals surface area (Å²) >= 11 is 1.35. The van der Waals surface area contributed by atoms with Gasteiger partial charge in [0.15, 0.2) is 0 Å². The molecule has 2 rings (SSSR count). The second-order valence-corrected chi connectivity index (χ2v) is 8.79. The highest BCUT2D eigenvalue weighted by molar-refractivity contribution is 7.91. The largest absolute Gasteiger partial charge is 0.381 e. The maximum atomic E-state index is 12.4. The molecule has 0 radical (unpaired) electrons. The lowest BCUT2D eigenvalue weighted by Crippen LogP contribution is -2.38. The van der Waals surface area contributed by atoms with E-state index in [1.807, 2.05) is 6.92 Å². The number of ether oxygens (including phenoxy) is 1. The zero-order chi connectivity index (χ0) is 15.5. The topological polar surface area (TPSA) is 67.4 Å². The van der Waals surface area contributed by atoms with Crippen LogP contribution in [-0.4, -0.2) is 33.7 Å². The summed E-state index contributed by atoms with van der Waals surface area (Å²) in [5, 5.41) is 3.33. The highest BCUT2D eigenvalue weighted by Crippen LogP contribution is 2.26. The summed E-state index contributed by atoms with van der Waals surface area (Å²) in [7, 11) is -3.41. The summed E-state index contributed by atoms with van der Waals surface area (Å²) in [6.07, 6.45) is 1.48. The van der Waals surface area contributed by atoms with Crippen LogP contribution in [0.1, 0.15) is 37.1 Å². The molecule has 0 atom stereocenters. The third-order valence-corrected chi connectivity index (χ3v) is 6.71. The Kier molecular flexibility index (Phi) is 5.79. The molecule has 1 saturated heterocycles. The van der Waals surface area contributed by atoms with Gasteiger partial charge in [0.1, 0.15) is 4.21 Å². The average Bonchev–Trinajstić information content (AvgIpc) is 2.79. The quantitative estimate of drug-likeness (QED) is 0.836. The number of aryl methyl sites for hydroxylation is 1. The number of rotatable bonds is 6. The van der Waals surface area contributed by atoms with E-state index < -0.39 is 10.0 Å². The fraction of sp³-hybridized carbons (Fsp3) is 0.714. The normalized spacial score (nSPS) is 17.5. The molecule has 7 heteroatoms. The molecule has 0 aliphatic carbocycles. The minimum Gasteiger partial charge on any atom is -0.381 e. The van der Waals surface area contributed by atoms with Gasteiger partial charge in [-0.15, -0.1) is 11.3 Å². The van der Waals surface area contributed by atoms with Crippen molar-refractivity contribution < 1.29 is 13.2 Å². The second kappa shape index (κ2) is 7.19. The van der Waals surface area contributed by atoms with Gasteiger partial charge in [0.05, 0.1) is 0 Å². The molecule has 1 aliphatic heterocycles. The maximum absolute atomic E-state index is 12.4. The molecule has 0 unspecified atom stereocenters. The first-order chi connectivity index (χ1) is 9.88. The molecule has 2 heterocycles. The molecule has 21 heavy (non-hydrogen) atoms. The van der Waals surface area contributed by atoms with E-state index in [0.29, 0.717) is 30.0 Å². The van der Waals surface area contributed by atoms with E-state index in [2.05, 4.69) is 23.9 Å². The van der Waals surface area contributed by atoms with E-state index in [1.165, 1.54) is 11.3 Å². The number of nitrogens with one attached hydrogen (secondary N) is 2. The van der Waals surface area contributed by atoms with Crippen LogP contribution in [-0.2, 0) is 21.3 Å². The first-order valence-electron chi connectivity index (χ1n) is 7.31. The molecule has 0 bridgehead atoms. The molecular formula is C14H24N2O3S2. The lowest BCUT2D eigenvalue weighted by molar-refractivity contribution is 0.0832. The molecule has 0 aromatic carbocycles. The van der Waals surface area contributed by atoms with Crippen LogP contribution in [0, 0.1) is 6.92 Å². The van der Waals surface area contributed by atoms with Crippen molar-refractivity contribution in [2.75, 3.05) is 13.2 Å². The van der Waals surface area contributed by atoms with Gasteiger partial charge in [-0.2, -0.15) is 0 Å². The van der Waals surface area contributed by atoms with E-state index in [4.69, 9.17) is 4.74 Å². The third kappa shape index (κ3) is 4.75. The predicted octanol–water partition coefficient (Wildman–Crippen LogP) is 2.01. The molecule has 2 N–H and O–H groups in total. The molecule has 0 amide bonds. The molecule has 5 nitrogen and oxygen atoms in total. The van der Waals surface area contributed by atoms with Crippen molar-refractivity contribution in [2.24, 2.45) is 0 Å². The van der Waals surface area contributed by atoms with Crippen LogP contribution in [0.25, 0.3) is 0 Å². The molecule has 0 saturated carbocycles. The number of sulfonamides is 1. The van der Waals surface area contributed by atoms with Crippen molar-refractivity contribution in [1.82, 2.24) is 10.0 Å². The lowest BCUT2D eigenvalue weighted by Gasteiger charge is -2.22. The van der Waals surface area contributed by atoms with Crippen molar-refractivity contribution in [3.8, 4) is 0 Å². The number of hydrogen-bond donors (Lipinski definition) is 2.